The van der Waals surface area contributed by atoms with Crippen LogP contribution < -0.4 is 10.6 Å². The Bertz CT molecular complexity index is 1270. The summed E-state index contributed by atoms with van der Waals surface area (Å²) < 4.78 is 15.7. The first-order valence-corrected chi connectivity index (χ1v) is 16.1. The van der Waals surface area contributed by atoms with E-state index in [1.54, 1.807) is 12.1 Å². The molecule has 2 aromatic rings. The summed E-state index contributed by atoms with van der Waals surface area (Å²) in [5, 5.41) is 27.6. The summed E-state index contributed by atoms with van der Waals surface area (Å²) in [6, 6.07) is 12.9. The van der Waals surface area contributed by atoms with Gasteiger partial charge < -0.3 is 25.7 Å². The molecule has 3 atom stereocenters. The number of hydrogen-bond acceptors (Lipinski definition) is 5. The fourth-order valence-electron chi connectivity index (χ4n) is 7.64. The van der Waals surface area contributed by atoms with Crippen LogP contribution in [0.4, 0.5) is 9.18 Å². The Balaban J connectivity index is 1.45. The molecule has 0 unspecified atom stereocenters. The van der Waals surface area contributed by atoms with Crippen molar-refractivity contribution in [2.75, 3.05) is 39.3 Å². The van der Waals surface area contributed by atoms with Gasteiger partial charge in [0.25, 0.3) is 0 Å². The van der Waals surface area contributed by atoms with Gasteiger partial charge >= 0.3 is 6.09 Å². The Hall–Kier alpha value is -3.01. The molecule has 0 bridgehead atoms. The van der Waals surface area contributed by atoms with Crippen LogP contribution in [0.2, 0.25) is 0 Å². The quantitative estimate of drug-likeness (QED) is 0.296. The van der Waals surface area contributed by atoms with Crippen LogP contribution in [-0.2, 0) is 16.8 Å². The highest BCUT2D eigenvalue weighted by molar-refractivity contribution is 5.82. The number of carbonyl (C=O) groups is 2. The number of benzene rings is 2. The van der Waals surface area contributed by atoms with Crippen LogP contribution >= 0.6 is 0 Å². The highest BCUT2D eigenvalue weighted by Crippen LogP contribution is 2.44. The maximum Gasteiger partial charge on any atom is 0.404 e. The minimum Gasteiger partial charge on any atom is -0.465 e. The molecule has 2 amide bonds. The average Bonchev–Trinajstić information content (AvgIpc) is 3.53. The minimum absolute atomic E-state index is 0.128. The smallest absolute Gasteiger partial charge is 0.404 e. The van der Waals surface area contributed by atoms with Crippen molar-refractivity contribution in [1.29, 1.82) is 0 Å². The van der Waals surface area contributed by atoms with Crippen molar-refractivity contribution in [3.63, 3.8) is 0 Å². The van der Waals surface area contributed by atoms with Gasteiger partial charge in [0.05, 0.1) is 11.6 Å². The van der Waals surface area contributed by atoms with Crippen molar-refractivity contribution in [2.45, 2.75) is 82.4 Å². The molecule has 9 heteroatoms. The third-order valence-corrected chi connectivity index (χ3v) is 9.88. The number of carboxylic acid groups (broad SMARTS) is 1. The molecule has 43 heavy (non-hydrogen) atoms. The number of halogens is 1. The largest absolute Gasteiger partial charge is 0.465 e. The molecule has 0 aliphatic carbocycles. The van der Waals surface area contributed by atoms with Gasteiger partial charge in [0, 0.05) is 37.2 Å². The number of aryl methyl sites for hydroxylation is 1. The topological polar surface area (TPSA) is 105 Å². The lowest BCUT2D eigenvalue weighted by molar-refractivity contribution is -0.142. The molecule has 3 fully saturated rings. The van der Waals surface area contributed by atoms with Gasteiger partial charge in [0.15, 0.2) is 0 Å². The van der Waals surface area contributed by atoms with E-state index in [0.29, 0.717) is 48.7 Å². The predicted octanol–water partition coefficient (Wildman–Crippen LogP) is 4.75. The molecule has 2 aromatic carbocycles. The lowest BCUT2D eigenvalue weighted by atomic mass is 9.72. The monoisotopic (exact) mass is 594 g/mol. The number of nitrogens with zero attached hydrogens (tertiary/aromatic N) is 2. The molecule has 0 radical (unpaired) electrons. The van der Waals surface area contributed by atoms with E-state index in [0.717, 1.165) is 63.7 Å². The normalized spacial score (nSPS) is 23.2. The predicted molar refractivity (Wildman–Crippen MR) is 165 cm³/mol. The van der Waals surface area contributed by atoms with Crippen molar-refractivity contribution < 1.29 is 24.2 Å². The first-order valence-electron chi connectivity index (χ1n) is 16.1. The third-order valence-electron chi connectivity index (χ3n) is 9.88. The van der Waals surface area contributed by atoms with Crippen LogP contribution in [0, 0.1) is 11.7 Å². The fourth-order valence-corrected chi connectivity index (χ4v) is 7.64. The van der Waals surface area contributed by atoms with E-state index in [1.165, 1.54) is 6.07 Å². The SMILES string of the molecule is CCc1cccc(-c2c(F)cccc2[C@](O)(CCCNC(=O)O)[C@@H]2CCCN(C(=O)[C@H]3CCCN3C3CCNCC3)C2)c1. The Morgan fingerprint density at radius 2 is 1.84 bits per heavy atom. The first kappa shape index (κ1) is 31.4. The molecule has 3 aliphatic rings. The Morgan fingerprint density at radius 3 is 2.60 bits per heavy atom. The van der Waals surface area contributed by atoms with Gasteiger partial charge in [-0.05, 0) is 100 Å². The fraction of sp³-hybridized carbons (Fsp3) is 0.588. The van der Waals surface area contributed by atoms with Crippen LogP contribution in [0.15, 0.2) is 42.5 Å². The molecule has 8 nitrogen and oxygen atoms in total. The van der Waals surface area contributed by atoms with E-state index in [-0.39, 0.29) is 30.8 Å². The van der Waals surface area contributed by atoms with E-state index >= 15 is 4.39 Å². The summed E-state index contributed by atoms with van der Waals surface area (Å²) in [5.74, 6) is -0.579. The van der Waals surface area contributed by atoms with Gasteiger partial charge in [0.2, 0.25) is 5.91 Å². The van der Waals surface area contributed by atoms with E-state index in [9.17, 15) is 14.7 Å². The van der Waals surface area contributed by atoms with Crippen LogP contribution in [-0.4, -0.2) is 83.4 Å². The molecule has 0 aromatic heterocycles. The van der Waals surface area contributed by atoms with Crippen LogP contribution in [0.25, 0.3) is 11.1 Å². The van der Waals surface area contributed by atoms with Crippen LogP contribution in [0.5, 0.6) is 0 Å². The molecular formula is C34H47FN4O4. The van der Waals surface area contributed by atoms with Crippen molar-refractivity contribution >= 4 is 12.0 Å². The number of rotatable bonds is 10. The number of piperidine rings is 2. The Labute approximate surface area is 254 Å². The van der Waals surface area contributed by atoms with E-state index in [1.807, 2.05) is 29.2 Å². The molecule has 0 saturated carbocycles. The highest BCUT2D eigenvalue weighted by Gasteiger charge is 2.45. The molecule has 3 heterocycles. The summed E-state index contributed by atoms with van der Waals surface area (Å²) >= 11 is 0. The number of carbonyl (C=O) groups excluding carboxylic acids is 1. The van der Waals surface area contributed by atoms with Gasteiger partial charge in [-0.1, -0.05) is 43.3 Å². The van der Waals surface area contributed by atoms with Crippen molar-refractivity contribution in [1.82, 2.24) is 20.4 Å². The number of aliphatic hydroxyl groups is 1. The maximum atomic E-state index is 15.7. The summed E-state index contributed by atoms with van der Waals surface area (Å²) in [5.41, 5.74) is 1.21. The van der Waals surface area contributed by atoms with Crippen LogP contribution in [0.3, 0.4) is 0 Å². The Morgan fingerprint density at radius 1 is 1.07 bits per heavy atom. The summed E-state index contributed by atoms with van der Waals surface area (Å²) in [4.78, 5) is 29.6. The van der Waals surface area contributed by atoms with Gasteiger partial charge in [-0.2, -0.15) is 0 Å². The molecule has 5 rings (SSSR count). The number of hydrogen-bond donors (Lipinski definition) is 4. The average molecular weight is 595 g/mol. The van der Waals surface area contributed by atoms with E-state index < -0.39 is 17.5 Å². The summed E-state index contributed by atoms with van der Waals surface area (Å²) in [6.07, 6.45) is 5.74. The zero-order valence-corrected chi connectivity index (χ0v) is 25.4. The Kier molecular flexibility index (Phi) is 10.4. The number of amides is 2. The van der Waals surface area contributed by atoms with Gasteiger partial charge in [-0.3, -0.25) is 9.69 Å². The minimum atomic E-state index is -1.46. The number of likely N-dealkylation sites (tertiary alicyclic amines) is 2. The standard InChI is InChI=1S/C34H47FN4O4/c1-2-24-8-3-9-25(22-24)31-28(11-4-12-29(31)35)34(43,16-7-17-37-33(41)42)26-10-5-20-38(23-26)32(40)30-13-6-21-39(30)27-14-18-36-19-15-27/h3-4,8-9,11-12,22,26-27,30,36-37,43H,2,5-7,10,13-21,23H2,1H3,(H,41,42)/t26-,30-,34+/m1/s1. The molecular weight excluding hydrogens is 547 g/mol. The van der Waals surface area contributed by atoms with Crippen molar-refractivity contribution in [3.05, 3.63) is 59.4 Å². The van der Waals surface area contributed by atoms with Crippen molar-refractivity contribution in [2.24, 2.45) is 5.92 Å². The zero-order valence-electron chi connectivity index (χ0n) is 25.4. The summed E-state index contributed by atoms with van der Waals surface area (Å²) in [7, 11) is 0. The molecule has 234 valence electrons. The second kappa shape index (κ2) is 14.2. The van der Waals surface area contributed by atoms with E-state index in [4.69, 9.17) is 5.11 Å². The van der Waals surface area contributed by atoms with Crippen molar-refractivity contribution in [3.8, 4) is 11.1 Å². The zero-order chi connectivity index (χ0) is 30.4. The molecule has 3 saturated heterocycles. The molecule has 3 aliphatic heterocycles. The molecule has 4 N–H and O–H groups in total. The lowest BCUT2D eigenvalue weighted by Crippen LogP contribution is -2.55. The van der Waals surface area contributed by atoms with Gasteiger partial charge in [-0.15, -0.1) is 0 Å². The lowest BCUT2D eigenvalue weighted by Gasteiger charge is -2.45. The maximum absolute atomic E-state index is 15.7. The van der Waals surface area contributed by atoms with Crippen LogP contribution in [0.1, 0.15) is 69.4 Å². The van der Waals surface area contributed by atoms with Gasteiger partial charge in [-0.25, -0.2) is 9.18 Å². The number of nitrogens with one attached hydrogen (secondary N) is 2. The second-order valence-electron chi connectivity index (χ2n) is 12.5. The third kappa shape index (κ3) is 7.05. The van der Waals surface area contributed by atoms with E-state index in [2.05, 4.69) is 22.5 Å². The first-order chi connectivity index (χ1) is 20.8. The second-order valence-corrected chi connectivity index (χ2v) is 12.5. The van der Waals surface area contributed by atoms with Gasteiger partial charge in [0.1, 0.15) is 5.82 Å². The highest BCUT2D eigenvalue weighted by atomic mass is 19.1. The molecule has 0 spiro atoms. The summed E-state index contributed by atoms with van der Waals surface area (Å²) in [6.45, 7) is 6.18.